The normalized spacial score (nSPS) is 10.8. The van der Waals surface area contributed by atoms with Gasteiger partial charge in [-0.1, -0.05) is 23.7 Å². The van der Waals surface area contributed by atoms with E-state index in [0.717, 1.165) is 18.2 Å². The highest BCUT2D eigenvalue weighted by molar-refractivity contribution is 6.32. The Hall–Kier alpha value is -2.40. The number of aliphatic carboxylic acids is 1. The number of para-hydroxylation sites is 1. The van der Waals surface area contributed by atoms with Crippen LogP contribution in [-0.2, 0) is 4.79 Å². The molecule has 2 aromatic carbocycles. The molecule has 0 radical (unpaired) electrons. The molecule has 2 aromatic rings. The number of hydrogen-bond donors (Lipinski definition) is 1. The van der Waals surface area contributed by atoms with Crippen molar-refractivity contribution in [1.82, 2.24) is 0 Å². The fourth-order valence-electron chi connectivity index (χ4n) is 1.63. The first-order valence-electron chi connectivity index (χ1n) is 5.79. The summed E-state index contributed by atoms with van der Waals surface area (Å²) < 4.78 is 31.7. The van der Waals surface area contributed by atoms with Crippen molar-refractivity contribution in [2.24, 2.45) is 0 Å². The molecule has 3 nitrogen and oxygen atoms in total. The van der Waals surface area contributed by atoms with Gasteiger partial charge in [0.05, 0.1) is 5.02 Å². The minimum atomic E-state index is -1.14. The molecule has 0 unspecified atom stereocenters. The molecule has 21 heavy (non-hydrogen) atoms. The van der Waals surface area contributed by atoms with Crippen molar-refractivity contribution in [1.29, 1.82) is 0 Å². The fraction of sp³-hybridized carbons (Fsp3) is 0. The van der Waals surface area contributed by atoms with Gasteiger partial charge in [0.15, 0.2) is 5.75 Å². The van der Waals surface area contributed by atoms with Gasteiger partial charge in [-0.3, -0.25) is 0 Å². The fourth-order valence-corrected chi connectivity index (χ4v) is 1.85. The molecular formula is C15H9ClF2O3. The van der Waals surface area contributed by atoms with E-state index < -0.39 is 17.6 Å². The predicted molar refractivity (Wildman–Crippen MR) is 74.6 cm³/mol. The van der Waals surface area contributed by atoms with Crippen LogP contribution in [0, 0.1) is 11.6 Å². The van der Waals surface area contributed by atoms with E-state index in [1.807, 2.05) is 0 Å². The Labute approximate surface area is 124 Å². The van der Waals surface area contributed by atoms with Crippen molar-refractivity contribution >= 4 is 23.6 Å². The first-order chi connectivity index (χ1) is 9.95. The maximum atomic E-state index is 13.1. The highest BCUT2D eigenvalue weighted by atomic mass is 35.5. The number of rotatable bonds is 4. The molecule has 0 amide bonds. The lowest BCUT2D eigenvalue weighted by Crippen LogP contribution is -1.92. The van der Waals surface area contributed by atoms with Gasteiger partial charge in [-0.05, 0) is 12.1 Å². The molecule has 0 spiro atoms. The zero-order chi connectivity index (χ0) is 15.4. The van der Waals surface area contributed by atoms with Crippen LogP contribution in [0.4, 0.5) is 8.78 Å². The zero-order valence-electron chi connectivity index (χ0n) is 10.5. The Morgan fingerprint density at radius 1 is 1.19 bits per heavy atom. The molecule has 2 rings (SSSR count). The summed E-state index contributed by atoms with van der Waals surface area (Å²) >= 11 is 5.98. The topological polar surface area (TPSA) is 46.5 Å². The van der Waals surface area contributed by atoms with Gasteiger partial charge in [0, 0.05) is 29.8 Å². The van der Waals surface area contributed by atoms with Gasteiger partial charge < -0.3 is 9.84 Å². The molecule has 0 atom stereocenters. The summed E-state index contributed by atoms with van der Waals surface area (Å²) in [5, 5.41) is 8.82. The molecule has 0 bridgehead atoms. The molecule has 6 heteroatoms. The van der Waals surface area contributed by atoms with Crippen LogP contribution >= 0.6 is 11.6 Å². The first-order valence-corrected chi connectivity index (χ1v) is 6.17. The number of ether oxygens (including phenoxy) is 1. The van der Waals surface area contributed by atoms with E-state index in [0.29, 0.717) is 11.6 Å². The SMILES string of the molecule is O=C(O)/C=C/c1cccc(Cl)c1Oc1cc(F)cc(F)c1. The number of carboxylic acid groups (broad SMARTS) is 1. The van der Waals surface area contributed by atoms with E-state index in [1.54, 1.807) is 12.1 Å². The highest BCUT2D eigenvalue weighted by Gasteiger charge is 2.10. The molecule has 0 aliphatic rings. The van der Waals surface area contributed by atoms with Gasteiger partial charge in [-0.15, -0.1) is 0 Å². The number of benzene rings is 2. The molecule has 0 aliphatic carbocycles. The van der Waals surface area contributed by atoms with E-state index in [9.17, 15) is 13.6 Å². The molecule has 1 N–H and O–H groups in total. The largest absolute Gasteiger partial charge is 0.478 e. The Morgan fingerprint density at radius 3 is 2.48 bits per heavy atom. The molecule has 0 aliphatic heterocycles. The maximum absolute atomic E-state index is 13.1. The van der Waals surface area contributed by atoms with Crippen LogP contribution in [0.25, 0.3) is 6.08 Å². The lowest BCUT2D eigenvalue weighted by atomic mass is 10.2. The average Bonchev–Trinajstić information content (AvgIpc) is 2.38. The quantitative estimate of drug-likeness (QED) is 0.845. The summed E-state index contributed by atoms with van der Waals surface area (Å²) in [6, 6.07) is 7.39. The smallest absolute Gasteiger partial charge is 0.328 e. The minimum absolute atomic E-state index is 0.0782. The van der Waals surface area contributed by atoms with Gasteiger partial charge in [0.25, 0.3) is 0 Å². The van der Waals surface area contributed by atoms with Crippen molar-refractivity contribution in [3.63, 3.8) is 0 Å². The van der Waals surface area contributed by atoms with E-state index in [-0.39, 0.29) is 16.5 Å². The summed E-state index contributed by atoms with van der Waals surface area (Å²) in [4.78, 5) is 10.6. The third-order valence-corrected chi connectivity index (χ3v) is 2.76. The Bertz CT molecular complexity index is 694. The lowest BCUT2D eigenvalue weighted by molar-refractivity contribution is -0.131. The minimum Gasteiger partial charge on any atom is -0.478 e. The number of hydrogen-bond acceptors (Lipinski definition) is 2. The van der Waals surface area contributed by atoms with Gasteiger partial charge in [-0.2, -0.15) is 0 Å². The van der Waals surface area contributed by atoms with Crippen molar-refractivity contribution in [2.75, 3.05) is 0 Å². The second kappa shape index (κ2) is 6.37. The summed E-state index contributed by atoms with van der Waals surface area (Å²) in [7, 11) is 0. The standard InChI is InChI=1S/C15H9ClF2O3/c16-13-3-1-2-9(4-5-14(19)20)15(13)21-12-7-10(17)6-11(18)8-12/h1-8H,(H,19,20)/b5-4+. The Balaban J connectivity index is 2.40. The lowest BCUT2D eigenvalue weighted by Gasteiger charge is -2.11. The van der Waals surface area contributed by atoms with Crippen molar-refractivity contribution in [3.05, 3.63) is 64.7 Å². The van der Waals surface area contributed by atoms with E-state index >= 15 is 0 Å². The summed E-state index contributed by atoms with van der Waals surface area (Å²) in [5.41, 5.74) is 0.370. The molecular weight excluding hydrogens is 302 g/mol. The molecule has 0 saturated heterocycles. The molecule has 0 heterocycles. The van der Waals surface area contributed by atoms with E-state index in [4.69, 9.17) is 21.4 Å². The van der Waals surface area contributed by atoms with Crippen molar-refractivity contribution in [2.45, 2.75) is 0 Å². The van der Waals surface area contributed by atoms with Crippen molar-refractivity contribution in [3.8, 4) is 11.5 Å². The van der Waals surface area contributed by atoms with Gasteiger partial charge in [0.2, 0.25) is 0 Å². The average molecular weight is 311 g/mol. The highest BCUT2D eigenvalue weighted by Crippen LogP contribution is 2.34. The maximum Gasteiger partial charge on any atom is 0.328 e. The second-order valence-electron chi connectivity index (χ2n) is 4.04. The second-order valence-corrected chi connectivity index (χ2v) is 4.44. The molecule has 0 aromatic heterocycles. The predicted octanol–water partition coefficient (Wildman–Crippen LogP) is 4.51. The van der Waals surface area contributed by atoms with E-state index in [1.165, 1.54) is 12.1 Å². The number of carboxylic acids is 1. The number of carbonyl (C=O) groups is 1. The first kappa shape index (κ1) is 15.0. The van der Waals surface area contributed by atoms with Crippen LogP contribution in [0.5, 0.6) is 11.5 Å². The Kier molecular flexibility index (Phi) is 4.55. The van der Waals surface area contributed by atoms with Crippen LogP contribution in [0.3, 0.4) is 0 Å². The van der Waals surface area contributed by atoms with Crippen LogP contribution < -0.4 is 4.74 Å². The number of halogens is 3. The van der Waals surface area contributed by atoms with Crippen molar-refractivity contribution < 1.29 is 23.4 Å². The molecule has 0 fully saturated rings. The van der Waals surface area contributed by atoms with Gasteiger partial charge in [-0.25, -0.2) is 13.6 Å². The van der Waals surface area contributed by atoms with Crippen LogP contribution in [0.15, 0.2) is 42.5 Å². The van der Waals surface area contributed by atoms with Crippen LogP contribution in [0.1, 0.15) is 5.56 Å². The third-order valence-electron chi connectivity index (χ3n) is 2.46. The summed E-state index contributed by atoms with van der Waals surface area (Å²) in [6.07, 6.45) is 2.18. The zero-order valence-corrected chi connectivity index (χ0v) is 11.3. The Morgan fingerprint density at radius 2 is 1.86 bits per heavy atom. The molecule has 108 valence electrons. The molecule has 0 saturated carbocycles. The monoisotopic (exact) mass is 310 g/mol. The summed E-state index contributed by atoms with van der Waals surface area (Å²) in [5.74, 6) is -2.69. The summed E-state index contributed by atoms with van der Waals surface area (Å²) in [6.45, 7) is 0. The van der Waals surface area contributed by atoms with Crippen LogP contribution in [0.2, 0.25) is 5.02 Å². The van der Waals surface area contributed by atoms with E-state index in [2.05, 4.69) is 0 Å². The third kappa shape index (κ3) is 4.03. The van der Waals surface area contributed by atoms with Gasteiger partial charge in [0.1, 0.15) is 17.4 Å². The van der Waals surface area contributed by atoms with Gasteiger partial charge >= 0.3 is 5.97 Å². The van der Waals surface area contributed by atoms with Crippen LogP contribution in [-0.4, -0.2) is 11.1 Å².